The van der Waals surface area contributed by atoms with E-state index in [0.717, 1.165) is 5.56 Å². The highest BCUT2D eigenvalue weighted by atomic mass is 16.5. The number of methoxy groups -OCH3 is 3. The van der Waals surface area contributed by atoms with Crippen LogP contribution in [0.4, 0.5) is 5.69 Å². The second-order valence-corrected chi connectivity index (χ2v) is 8.14. The maximum atomic E-state index is 13.6. The molecule has 0 aliphatic rings. The third-order valence-electron chi connectivity index (χ3n) is 5.98. The van der Waals surface area contributed by atoms with E-state index in [9.17, 15) is 9.59 Å². The predicted molar refractivity (Wildman–Crippen MR) is 136 cm³/mol. The average Bonchev–Trinajstić information content (AvgIpc) is 2.91. The van der Waals surface area contributed by atoms with Gasteiger partial charge >= 0.3 is 0 Å². The van der Waals surface area contributed by atoms with Crippen molar-refractivity contribution in [3.63, 3.8) is 0 Å². The van der Waals surface area contributed by atoms with Crippen LogP contribution >= 0.6 is 0 Å². The van der Waals surface area contributed by atoms with Crippen molar-refractivity contribution in [1.29, 1.82) is 0 Å². The highest BCUT2D eigenvalue weighted by Gasteiger charge is 2.33. The van der Waals surface area contributed by atoms with Gasteiger partial charge in [-0.1, -0.05) is 36.4 Å². The maximum absolute atomic E-state index is 13.6. The summed E-state index contributed by atoms with van der Waals surface area (Å²) in [6.45, 7) is 0.442. The predicted octanol–water partition coefficient (Wildman–Crippen LogP) is 4.16. The van der Waals surface area contributed by atoms with Crippen molar-refractivity contribution in [1.82, 2.24) is 4.90 Å². The van der Waals surface area contributed by atoms with E-state index < -0.39 is 5.92 Å². The minimum Gasteiger partial charge on any atom is -0.497 e. The molecular weight excluding hydrogens is 444 g/mol. The largest absolute Gasteiger partial charge is 0.497 e. The van der Waals surface area contributed by atoms with Crippen LogP contribution in [-0.2, 0) is 16.0 Å². The van der Waals surface area contributed by atoms with Gasteiger partial charge in [0.05, 0.1) is 21.3 Å². The van der Waals surface area contributed by atoms with Gasteiger partial charge in [-0.3, -0.25) is 9.59 Å². The van der Waals surface area contributed by atoms with Crippen LogP contribution in [0.1, 0.15) is 17.0 Å². The zero-order valence-electron chi connectivity index (χ0n) is 20.9. The Labute approximate surface area is 206 Å². The second-order valence-electron chi connectivity index (χ2n) is 8.14. The van der Waals surface area contributed by atoms with Gasteiger partial charge in [-0.2, -0.15) is 0 Å². The smallest absolute Gasteiger partial charge is 0.243 e. The summed E-state index contributed by atoms with van der Waals surface area (Å²) >= 11 is 0. The van der Waals surface area contributed by atoms with Crippen molar-refractivity contribution in [2.45, 2.75) is 12.3 Å². The third kappa shape index (κ3) is 6.12. The molecule has 1 atom stereocenters. The lowest BCUT2D eigenvalue weighted by Crippen LogP contribution is -2.42. The Kier molecular flexibility index (Phi) is 8.73. The van der Waals surface area contributed by atoms with E-state index in [4.69, 9.17) is 14.2 Å². The molecule has 2 amide bonds. The SMILES string of the molecule is COc1ccc(N(C)C(=O)C(C(=O)N(C)CCc2ccc(OC)c(OC)c2)c2ccccc2)cc1. The second kappa shape index (κ2) is 11.9. The van der Waals surface area contributed by atoms with Crippen LogP contribution in [0.5, 0.6) is 17.2 Å². The molecule has 7 heteroatoms. The van der Waals surface area contributed by atoms with Gasteiger partial charge in [0.25, 0.3) is 0 Å². The number of nitrogens with zero attached hydrogens (tertiary/aromatic N) is 2. The highest BCUT2D eigenvalue weighted by molar-refractivity contribution is 6.11. The van der Waals surface area contributed by atoms with Gasteiger partial charge in [0.1, 0.15) is 11.7 Å². The van der Waals surface area contributed by atoms with Crippen LogP contribution in [0.2, 0.25) is 0 Å². The van der Waals surface area contributed by atoms with Crippen molar-refractivity contribution < 1.29 is 23.8 Å². The number of rotatable bonds is 10. The first-order valence-corrected chi connectivity index (χ1v) is 11.3. The molecule has 0 spiro atoms. The van der Waals surface area contributed by atoms with Gasteiger partial charge in [0, 0.05) is 26.3 Å². The summed E-state index contributed by atoms with van der Waals surface area (Å²) in [5.74, 6) is 0.458. The topological polar surface area (TPSA) is 68.3 Å². The molecule has 3 aromatic rings. The van der Waals surface area contributed by atoms with Crippen molar-refractivity contribution in [2.24, 2.45) is 0 Å². The Morgan fingerprint density at radius 3 is 2.03 bits per heavy atom. The fraction of sp³-hybridized carbons (Fsp3) is 0.286. The molecule has 0 aliphatic heterocycles. The number of carbonyl (C=O) groups is 2. The molecule has 0 saturated heterocycles. The molecule has 184 valence electrons. The van der Waals surface area contributed by atoms with E-state index in [0.29, 0.717) is 41.5 Å². The van der Waals surface area contributed by atoms with Gasteiger partial charge in [-0.25, -0.2) is 0 Å². The Hall–Kier alpha value is -4.00. The minimum atomic E-state index is -0.960. The fourth-order valence-corrected chi connectivity index (χ4v) is 3.83. The quantitative estimate of drug-likeness (QED) is 0.411. The molecule has 0 aliphatic carbocycles. The number of amides is 2. The van der Waals surface area contributed by atoms with E-state index in [1.165, 1.54) is 4.90 Å². The molecule has 35 heavy (non-hydrogen) atoms. The van der Waals surface area contributed by atoms with Crippen molar-refractivity contribution in [2.75, 3.05) is 46.9 Å². The number of carbonyl (C=O) groups excluding carboxylic acids is 2. The first kappa shape index (κ1) is 25.6. The van der Waals surface area contributed by atoms with Crippen LogP contribution in [0.25, 0.3) is 0 Å². The van der Waals surface area contributed by atoms with Crippen LogP contribution in [-0.4, -0.2) is 58.7 Å². The molecule has 0 heterocycles. The van der Waals surface area contributed by atoms with Gasteiger partial charge in [0.15, 0.2) is 11.5 Å². The minimum absolute atomic E-state index is 0.262. The maximum Gasteiger partial charge on any atom is 0.243 e. The summed E-state index contributed by atoms with van der Waals surface area (Å²) in [4.78, 5) is 30.3. The fourth-order valence-electron chi connectivity index (χ4n) is 3.83. The lowest BCUT2D eigenvalue weighted by atomic mass is 9.95. The summed E-state index contributed by atoms with van der Waals surface area (Å²) in [7, 11) is 8.17. The number of hydrogen-bond donors (Lipinski definition) is 0. The standard InChI is InChI=1S/C28H32N2O5/c1-29(18-17-20-11-16-24(34-4)25(19-20)35-5)27(31)26(21-9-7-6-8-10-21)28(32)30(2)22-12-14-23(33-3)15-13-22/h6-16,19,26H,17-18H2,1-5H3. The molecule has 0 fully saturated rings. The van der Waals surface area contributed by atoms with Gasteiger partial charge in [0.2, 0.25) is 11.8 Å². The Balaban J connectivity index is 1.80. The van der Waals surface area contributed by atoms with E-state index >= 15 is 0 Å². The van der Waals surface area contributed by atoms with Gasteiger partial charge in [-0.15, -0.1) is 0 Å². The first-order valence-electron chi connectivity index (χ1n) is 11.3. The molecule has 1 unspecified atom stereocenters. The van der Waals surface area contributed by atoms with E-state index in [2.05, 4.69) is 0 Å². The molecule has 0 bridgehead atoms. The van der Waals surface area contributed by atoms with Crippen LogP contribution in [0.15, 0.2) is 72.8 Å². The number of anilines is 1. The molecule has 0 saturated carbocycles. The molecular formula is C28H32N2O5. The van der Waals surface area contributed by atoms with Crippen molar-refractivity contribution in [3.8, 4) is 17.2 Å². The Bertz CT molecular complexity index is 1130. The summed E-state index contributed by atoms with van der Waals surface area (Å²) in [5, 5.41) is 0. The van der Waals surface area contributed by atoms with E-state index in [1.807, 2.05) is 48.5 Å². The zero-order chi connectivity index (χ0) is 25.4. The monoisotopic (exact) mass is 476 g/mol. The summed E-state index contributed by atoms with van der Waals surface area (Å²) in [5.41, 5.74) is 2.33. The molecule has 0 aromatic heterocycles. The Morgan fingerprint density at radius 1 is 0.771 bits per heavy atom. The van der Waals surface area contributed by atoms with Crippen LogP contribution < -0.4 is 19.1 Å². The summed E-state index contributed by atoms with van der Waals surface area (Å²) in [6, 6.07) is 22.0. The number of ether oxygens (including phenoxy) is 3. The lowest BCUT2D eigenvalue weighted by Gasteiger charge is -2.27. The summed E-state index contributed by atoms with van der Waals surface area (Å²) in [6.07, 6.45) is 0.604. The molecule has 3 rings (SSSR count). The summed E-state index contributed by atoms with van der Waals surface area (Å²) < 4.78 is 15.9. The zero-order valence-corrected chi connectivity index (χ0v) is 20.9. The normalized spacial score (nSPS) is 11.3. The van der Waals surface area contributed by atoms with Crippen molar-refractivity contribution >= 4 is 17.5 Å². The first-order chi connectivity index (χ1) is 16.9. The van der Waals surface area contributed by atoms with E-state index in [1.54, 1.807) is 64.6 Å². The number of benzene rings is 3. The molecule has 0 N–H and O–H groups in total. The lowest BCUT2D eigenvalue weighted by molar-refractivity contribution is -0.136. The van der Waals surface area contributed by atoms with Crippen LogP contribution in [0.3, 0.4) is 0 Å². The van der Waals surface area contributed by atoms with Crippen molar-refractivity contribution in [3.05, 3.63) is 83.9 Å². The molecule has 7 nitrogen and oxygen atoms in total. The van der Waals surface area contributed by atoms with Gasteiger partial charge < -0.3 is 24.0 Å². The highest BCUT2D eigenvalue weighted by Crippen LogP contribution is 2.28. The Morgan fingerprint density at radius 2 is 1.43 bits per heavy atom. The number of likely N-dealkylation sites (N-methyl/N-ethyl adjacent to an activating group) is 2. The molecule has 3 aromatic carbocycles. The third-order valence-corrected chi connectivity index (χ3v) is 5.98. The van der Waals surface area contributed by atoms with E-state index in [-0.39, 0.29) is 11.8 Å². The van der Waals surface area contributed by atoms with Crippen LogP contribution in [0, 0.1) is 0 Å². The average molecular weight is 477 g/mol. The molecule has 0 radical (unpaired) electrons. The number of hydrogen-bond acceptors (Lipinski definition) is 5. The van der Waals surface area contributed by atoms with Gasteiger partial charge in [-0.05, 0) is 53.9 Å².